The Kier molecular flexibility index (Phi) is 11.0. The van der Waals surface area contributed by atoms with Gasteiger partial charge in [-0.3, -0.25) is 14.4 Å². The molecule has 1 saturated heterocycles. The number of carbonyl (C=O) groups is 4. The highest BCUT2D eigenvalue weighted by atomic mass is 16.6. The van der Waals surface area contributed by atoms with Crippen LogP contribution in [0, 0.1) is 5.92 Å². The SMILES string of the molecule is COC(=O)C1CCC(N(C)C(=O)Cn2c(COc3ccc(OC4CCN(C(=O)OC(C)(C)C)CC4)cc3)nc3cc(C(N)=O)ccc32)CC1. The highest BCUT2D eigenvalue weighted by molar-refractivity contribution is 5.96. The zero-order valence-corrected chi connectivity index (χ0v) is 29.0. The number of benzene rings is 2. The van der Waals surface area contributed by atoms with Gasteiger partial charge in [0.2, 0.25) is 11.8 Å². The Hall–Kier alpha value is -4.81. The summed E-state index contributed by atoms with van der Waals surface area (Å²) in [5, 5.41) is 0. The molecule has 5 rings (SSSR count). The van der Waals surface area contributed by atoms with E-state index in [-0.39, 0.29) is 49.2 Å². The van der Waals surface area contributed by atoms with E-state index in [9.17, 15) is 19.2 Å². The Balaban J connectivity index is 1.21. The van der Waals surface area contributed by atoms with E-state index < -0.39 is 11.5 Å². The van der Waals surface area contributed by atoms with Crippen LogP contribution in [0.3, 0.4) is 0 Å². The van der Waals surface area contributed by atoms with Crippen LogP contribution in [0.25, 0.3) is 11.0 Å². The van der Waals surface area contributed by atoms with E-state index in [4.69, 9.17) is 29.7 Å². The number of aromatic nitrogens is 2. The summed E-state index contributed by atoms with van der Waals surface area (Å²) in [5.74, 6) is 0.817. The lowest BCUT2D eigenvalue weighted by molar-refractivity contribution is -0.147. The molecule has 2 aromatic carbocycles. The molecular weight excluding hydrogens is 630 g/mol. The van der Waals surface area contributed by atoms with Crippen molar-refractivity contribution in [1.29, 1.82) is 0 Å². The number of methoxy groups -OCH3 is 1. The first-order valence-corrected chi connectivity index (χ1v) is 16.8. The standard InChI is InChI=1S/C36H47N5O8/c1-36(2,3)49-35(45)40-18-16-28(17-19-40)48-27-13-11-26(12-14-27)47-22-31-38-29-20-24(33(37)43)8-15-30(29)41(31)21-32(42)39(4)25-9-6-23(7-10-25)34(44)46-5/h8,11-15,20,23,25,28H,6-7,9-10,16-19,21-22H2,1-5H3,(H2,37,43). The lowest BCUT2D eigenvalue weighted by atomic mass is 9.85. The minimum absolute atomic E-state index is 0.0163. The number of rotatable bonds is 10. The summed E-state index contributed by atoms with van der Waals surface area (Å²) in [6.45, 7) is 6.80. The van der Waals surface area contributed by atoms with Crippen LogP contribution < -0.4 is 15.2 Å². The molecule has 2 N–H and O–H groups in total. The van der Waals surface area contributed by atoms with Gasteiger partial charge in [0.15, 0.2) is 0 Å². The van der Waals surface area contributed by atoms with Crippen molar-refractivity contribution >= 4 is 34.9 Å². The van der Waals surface area contributed by atoms with Crippen molar-refractivity contribution in [1.82, 2.24) is 19.4 Å². The van der Waals surface area contributed by atoms with E-state index in [1.54, 1.807) is 39.6 Å². The van der Waals surface area contributed by atoms with Crippen molar-refractivity contribution in [3.05, 3.63) is 53.9 Å². The number of nitrogens with two attached hydrogens (primary N) is 1. The van der Waals surface area contributed by atoms with Crippen LogP contribution in [0.2, 0.25) is 0 Å². The van der Waals surface area contributed by atoms with Gasteiger partial charge < -0.3 is 39.0 Å². The number of primary amides is 1. The highest BCUT2D eigenvalue weighted by Crippen LogP contribution is 2.29. The monoisotopic (exact) mass is 677 g/mol. The van der Waals surface area contributed by atoms with Gasteiger partial charge in [0.25, 0.3) is 0 Å². The predicted molar refractivity (Wildman–Crippen MR) is 181 cm³/mol. The van der Waals surface area contributed by atoms with E-state index in [1.807, 2.05) is 45.0 Å². The second kappa shape index (κ2) is 15.2. The Bertz CT molecular complexity index is 1650. The number of ether oxygens (including phenoxy) is 4. The minimum atomic E-state index is -0.566. The van der Waals surface area contributed by atoms with Gasteiger partial charge in [-0.25, -0.2) is 9.78 Å². The summed E-state index contributed by atoms with van der Waals surface area (Å²) < 4.78 is 24.5. The number of hydrogen-bond donors (Lipinski definition) is 1. The van der Waals surface area contributed by atoms with Crippen LogP contribution >= 0.6 is 0 Å². The van der Waals surface area contributed by atoms with Crippen LogP contribution in [0.15, 0.2) is 42.5 Å². The van der Waals surface area contributed by atoms with E-state index in [1.165, 1.54) is 7.11 Å². The van der Waals surface area contributed by atoms with Gasteiger partial charge in [-0.05, 0) is 88.9 Å². The van der Waals surface area contributed by atoms with Crippen molar-refractivity contribution in [2.45, 2.75) is 90.2 Å². The van der Waals surface area contributed by atoms with Crippen molar-refractivity contribution in [2.75, 3.05) is 27.2 Å². The van der Waals surface area contributed by atoms with Gasteiger partial charge >= 0.3 is 12.1 Å². The van der Waals surface area contributed by atoms with Gasteiger partial charge in [-0.2, -0.15) is 0 Å². The summed E-state index contributed by atoms with van der Waals surface area (Å²) in [4.78, 5) is 57.9. The number of likely N-dealkylation sites (N-methyl/N-ethyl adjacent to an activating group) is 1. The molecule has 2 fully saturated rings. The molecule has 49 heavy (non-hydrogen) atoms. The van der Waals surface area contributed by atoms with Crippen molar-refractivity contribution in [2.24, 2.45) is 11.7 Å². The molecule has 0 bridgehead atoms. The molecule has 0 radical (unpaired) electrons. The number of imidazole rings is 1. The third-order valence-corrected chi connectivity index (χ3v) is 9.17. The third-order valence-electron chi connectivity index (χ3n) is 9.17. The molecule has 3 amide bonds. The number of piperidine rings is 1. The number of amides is 3. The Labute approximate surface area is 286 Å². The zero-order chi connectivity index (χ0) is 35.3. The maximum atomic E-state index is 13.6. The summed E-state index contributed by atoms with van der Waals surface area (Å²) >= 11 is 0. The Morgan fingerprint density at radius 1 is 0.939 bits per heavy atom. The van der Waals surface area contributed by atoms with Crippen molar-refractivity contribution < 1.29 is 38.1 Å². The van der Waals surface area contributed by atoms with E-state index in [2.05, 4.69) is 0 Å². The smallest absolute Gasteiger partial charge is 0.410 e. The third kappa shape index (κ3) is 9.01. The second-order valence-electron chi connectivity index (χ2n) is 13.8. The van der Waals surface area contributed by atoms with Gasteiger partial charge in [0.1, 0.15) is 42.2 Å². The van der Waals surface area contributed by atoms with Crippen LogP contribution in [0.4, 0.5) is 4.79 Å². The summed E-state index contributed by atoms with van der Waals surface area (Å²) in [6, 6.07) is 12.3. The number of carbonyl (C=O) groups excluding carboxylic acids is 4. The topological polar surface area (TPSA) is 156 Å². The average Bonchev–Trinajstić information content (AvgIpc) is 3.42. The molecule has 1 aromatic heterocycles. The normalized spacial score (nSPS) is 18.5. The Morgan fingerprint density at radius 2 is 1.59 bits per heavy atom. The minimum Gasteiger partial charge on any atom is -0.490 e. The number of likely N-dealkylation sites (tertiary alicyclic amines) is 1. The number of nitrogens with zero attached hydrogens (tertiary/aromatic N) is 4. The fraction of sp³-hybridized carbons (Fsp3) is 0.528. The van der Waals surface area contributed by atoms with Gasteiger partial charge in [0.05, 0.1) is 24.1 Å². The van der Waals surface area contributed by atoms with Crippen LogP contribution in [-0.4, -0.2) is 88.2 Å². The lowest BCUT2D eigenvalue weighted by Gasteiger charge is -2.34. The first kappa shape index (κ1) is 35.5. The average molecular weight is 678 g/mol. The number of fused-ring (bicyclic) bond motifs is 1. The van der Waals surface area contributed by atoms with E-state index in [0.717, 1.165) is 12.8 Å². The molecule has 1 aliphatic heterocycles. The fourth-order valence-electron chi connectivity index (χ4n) is 6.37. The molecule has 0 spiro atoms. The molecule has 2 aliphatic rings. The van der Waals surface area contributed by atoms with Crippen LogP contribution in [-0.2, 0) is 32.2 Å². The molecule has 1 aliphatic carbocycles. The largest absolute Gasteiger partial charge is 0.490 e. The molecule has 1 saturated carbocycles. The fourth-order valence-corrected chi connectivity index (χ4v) is 6.37. The van der Waals surface area contributed by atoms with E-state index in [0.29, 0.717) is 72.7 Å². The van der Waals surface area contributed by atoms with Crippen molar-refractivity contribution in [3.8, 4) is 11.5 Å². The van der Waals surface area contributed by atoms with E-state index >= 15 is 0 Å². The first-order valence-electron chi connectivity index (χ1n) is 16.8. The van der Waals surface area contributed by atoms with Gasteiger partial charge in [-0.15, -0.1) is 0 Å². The zero-order valence-electron chi connectivity index (χ0n) is 29.0. The highest BCUT2D eigenvalue weighted by Gasteiger charge is 2.31. The predicted octanol–water partition coefficient (Wildman–Crippen LogP) is 4.68. The lowest BCUT2D eigenvalue weighted by Crippen LogP contribution is -2.44. The molecule has 3 aromatic rings. The number of hydrogen-bond acceptors (Lipinski definition) is 9. The molecule has 13 nitrogen and oxygen atoms in total. The molecule has 0 atom stereocenters. The summed E-state index contributed by atoms with van der Waals surface area (Å²) in [7, 11) is 3.19. The van der Waals surface area contributed by atoms with Gasteiger partial charge in [-0.1, -0.05) is 0 Å². The number of esters is 1. The summed E-state index contributed by atoms with van der Waals surface area (Å²) in [6.07, 6.45) is 3.87. The van der Waals surface area contributed by atoms with Gasteiger partial charge in [0, 0.05) is 44.6 Å². The quantitative estimate of drug-likeness (QED) is 0.301. The Morgan fingerprint density at radius 3 is 2.20 bits per heavy atom. The second-order valence-corrected chi connectivity index (χ2v) is 13.8. The molecule has 2 heterocycles. The molecule has 264 valence electrons. The molecule has 13 heteroatoms. The van der Waals surface area contributed by atoms with Crippen molar-refractivity contribution in [3.63, 3.8) is 0 Å². The molecule has 0 unspecified atom stereocenters. The van der Waals surface area contributed by atoms with Crippen LogP contribution in [0.1, 0.15) is 75.5 Å². The maximum absolute atomic E-state index is 13.6. The first-order chi connectivity index (χ1) is 23.3. The maximum Gasteiger partial charge on any atom is 0.410 e. The van der Waals surface area contributed by atoms with Crippen LogP contribution in [0.5, 0.6) is 11.5 Å². The summed E-state index contributed by atoms with van der Waals surface area (Å²) in [5.41, 5.74) is 6.52. The molecular formula is C36H47N5O8.